The van der Waals surface area contributed by atoms with E-state index >= 15 is 0 Å². The second kappa shape index (κ2) is 5.58. The smallest absolute Gasteiger partial charge is 0.335 e. The highest BCUT2D eigenvalue weighted by atomic mass is 79.9. The number of carboxylic acid groups (broad SMARTS) is 1. The minimum atomic E-state index is -1.07. The van der Waals surface area contributed by atoms with Gasteiger partial charge in [-0.2, -0.15) is 0 Å². The van der Waals surface area contributed by atoms with Crippen LogP contribution in [0.1, 0.15) is 20.7 Å². The van der Waals surface area contributed by atoms with Gasteiger partial charge in [-0.05, 0) is 40.2 Å². The average molecular weight is 389 g/mol. The van der Waals surface area contributed by atoms with Gasteiger partial charge in [0.2, 0.25) is 0 Å². The molecule has 19 heavy (non-hydrogen) atoms. The lowest BCUT2D eigenvalue weighted by Crippen LogP contribution is -2.12. The van der Waals surface area contributed by atoms with Crippen molar-refractivity contribution in [3.8, 4) is 0 Å². The minimum Gasteiger partial charge on any atom is -0.478 e. The number of carbonyl (C=O) groups is 2. The summed E-state index contributed by atoms with van der Waals surface area (Å²) >= 11 is 6.29. The Morgan fingerprint density at radius 2 is 1.95 bits per heavy atom. The number of anilines is 1. The maximum atomic E-state index is 11.9. The predicted octanol–water partition coefficient (Wildman–Crippen LogP) is 3.76. The van der Waals surface area contributed by atoms with E-state index < -0.39 is 11.9 Å². The number of hydrogen-bond donors (Lipinski definition) is 2. The fraction of sp³-hybridized carbons (Fsp3) is 0. The van der Waals surface area contributed by atoms with Gasteiger partial charge in [0.05, 0.1) is 17.4 Å². The van der Waals surface area contributed by atoms with Gasteiger partial charge in [0.1, 0.15) is 0 Å². The van der Waals surface area contributed by atoms with E-state index in [0.29, 0.717) is 20.4 Å². The third-order valence-corrected chi connectivity index (χ3v) is 3.34. The largest absolute Gasteiger partial charge is 0.478 e. The Hall–Kier alpha value is -1.60. The zero-order valence-electron chi connectivity index (χ0n) is 9.31. The number of benzene rings is 1. The van der Waals surface area contributed by atoms with Crippen LogP contribution in [0.3, 0.4) is 0 Å². The van der Waals surface area contributed by atoms with Gasteiger partial charge in [0, 0.05) is 10.2 Å². The van der Waals surface area contributed by atoms with E-state index in [0.717, 1.165) is 0 Å². The molecule has 98 valence electrons. The van der Waals surface area contributed by atoms with E-state index in [9.17, 15) is 9.59 Å². The second-order valence-electron chi connectivity index (χ2n) is 3.60. The molecule has 1 aromatic heterocycles. The molecule has 0 radical (unpaired) electrons. The number of aromatic carboxylic acids is 1. The monoisotopic (exact) mass is 387 g/mol. The molecule has 0 aliphatic rings. The van der Waals surface area contributed by atoms with Crippen LogP contribution < -0.4 is 5.32 Å². The lowest BCUT2D eigenvalue weighted by atomic mass is 10.2. The number of nitrogens with one attached hydrogen (secondary N) is 1. The summed E-state index contributed by atoms with van der Waals surface area (Å²) in [6, 6.07) is 5.94. The number of rotatable bonds is 3. The highest BCUT2D eigenvalue weighted by Gasteiger charge is 2.14. The van der Waals surface area contributed by atoms with Crippen molar-refractivity contribution in [2.45, 2.75) is 0 Å². The van der Waals surface area contributed by atoms with Crippen molar-refractivity contribution in [3.05, 3.63) is 50.8 Å². The van der Waals surface area contributed by atoms with Gasteiger partial charge in [-0.15, -0.1) is 0 Å². The van der Waals surface area contributed by atoms with Crippen molar-refractivity contribution >= 4 is 49.4 Å². The van der Waals surface area contributed by atoms with Gasteiger partial charge in [-0.1, -0.05) is 15.9 Å². The van der Waals surface area contributed by atoms with Crippen molar-refractivity contribution in [2.75, 3.05) is 5.32 Å². The van der Waals surface area contributed by atoms with Crippen molar-refractivity contribution in [1.82, 2.24) is 0 Å². The maximum Gasteiger partial charge on any atom is 0.335 e. The molecule has 0 unspecified atom stereocenters. The predicted molar refractivity (Wildman–Crippen MR) is 75.5 cm³/mol. The van der Waals surface area contributed by atoms with Crippen molar-refractivity contribution in [1.29, 1.82) is 0 Å². The minimum absolute atomic E-state index is 0.0796. The summed E-state index contributed by atoms with van der Waals surface area (Å²) in [5.41, 5.74) is 0.789. The molecule has 0 saturated heterocycles. The summed E-state index contributed by atoms with van der Waals surface area (Å²) in [7, 11) is 0. The molecule has 7 heteroatoms. The SMILES string of the molecule is O=C(O)c1cc(Br)cc(NC(=O)c2ccoc2Br)c1. The molecule has 0 fully saturated rings. The molecule has 1 amide bonds. The number of carbonyl (C=O) groups excluding carboxylic acids is 1. The third kappa shape index (κ3) is 3.24. The Bertz CT molecular complexity index is 651. The van der Waals surface area contributed by atoms with Crippen LogP contribution in [0.5, 0.6) is 0 Å². The second-order valence-corrected chi connectivity index (χ2v) is 5.23. The van der Waals surface area contributed by atoms with E-state index in [1.165, 1.54) is 24.5 Å². The molecule has 0 saturated carbocycles. The Morgan fingerprint density at radius 1 is 1.21 bits per heavy atom. The van der Waals surface area contributed by atoms with E-state index in [4.69, 9.17) is 9.52 Å². The van der Waals surface area contributed by atoms with Crippen LogP contribution in [0.25, 0.3) is 0 Å². The van der Waals surface area contributed by atoms with Gasteiger partial charge in [-0.3, -0.25) is 4.79 Å². The molecule has 2 N–H and O–H groups in total. The zero-order valence-corrected chi connectivity index (χ0v) is 12.5. The zero-order chi connectivity index (χ0) is 14.0. The molecule has 0 bridgehead atoms. The van der Waals surface area contributed by atoms with E-state index in [1.807, 2.05) is 0 Å². The first kappa shape index (κ1) is 13.8. The molecule has 0 atom stereocenters. The lowest BCUT2D eigenvalue weighted by Gasteiger charge is -2.06. The van der Waals surface area contributed by atoms with Crippen LogP contribution in [0, 0.1) is 0 Å². The van der Waals surface area contributed by atoms with Crippen LogP contribution in [0.15, 0.2) is 44.1 Å². The van der Waals surface area contributed by atoms with Gasteiger partial charge in [-0.25, -0.2) is 4.79 Å². The number of carboxylic acids is 1. The first-order chi connectivity index (χ1) is 8.97. The molecule has 0 aliphatic carbocycles. The number of amides is 1. The molecule has 2 rings (SSSR count). The van der Waals surface area contributed by atoms with Crippen molar-refractivity contribution in [2.24, 2.45) is 0 Å². The summed E-state index contributed by atoms with van der Waals surface area (Å²) < 4.78 is 5.84. The highest BCUT2D eigenvalue weighted by Crippen LogP contribution is 2.22. The Morgan fingerprint density at radius 3 is 2.53 bits per heavy atom. The Balaban J connectivity index is 2.26. The standard InChI is InChI=1S/C12H7Br2NO4/c13-7-3-6(12(17)18)4-8(5-7)15-11(16)9-1-2-19-10(9)14/h1-5H,(H,15,16)(H,17,18). The normalized spacial score (nSPS) is 10.2. The molecule has 5 nitrogen and oxygen atoms in total. The van der Waals surface area contributed by atoms with Crippen molar-refractivity contribution in [3.63, 3.8) is 0 Å². The van der Waals surface area contributed by atoms with Crippen LogP contribution in [-0.4, -0.2) is 17.0 Å². The maximum absolute atomic E-state index is 11.9. The Kier molecular flexibility index (Phi) is 4.06. The summed E-state index contributed by atoms with van der Waals surface area (Å²) in [4.78, 5) is 22.8. The van der Waals surface area contributed by atoms with E-state index in [1.54, 1.807) is 6.07 Å². The van der Waals surface area contributed by atoms with E-state index in [-0.39, 0.29) is 5.56 Å². The first-order valence-corrected chi connectivity index (χ1v) is 6.64. The van der Waals surface area contributed by atoms with E-state index in [2.05, 4.69) is 37.2 Å². The molecule has 2 aromatic rings. The van der Waals surface area contributed by atoms with Crippen LogP contribution in [0.4, 0.5) is 5.69 Å². The summed E-state index contributed by atoms with van der Waals surface area (Å²) in [6.07, 6.45) is 1.38. The van der Waals surface area contributed by atoms with Crippen LogP contribution >= 0.6 is 31.9 Å². The Labute approximate surface area is 124 Å². The highest BCUT2D eigenvalue weighted by molar-refractivity contribution is 9.10. The van der Waals surface area contributed by atoms with Crippen LogP contribution in [0.2, 0.25) is 0 Å². The summed E-state index contributed by atoms with van der Waals surface area (Å²) in [5.74, 6) is -1.46. The lowest BCUT2D eigenvalue weighted by molar-refractivity contribution is 0.0696. The van der Waals surface area contributed by atoms with Crippen molar-refractivity contribution < 1.29 is 19.1 Å². The fourth-order valence-corrected chi connectivity index (χ4v) is 2.35. The van der Waals surface area contributed by atoms with Gasteiger partial charge < -0.3 is 14.8 Å². The first-order valence-electron chi connectivity index (χ1n) is 5.05. The molecule has 0 aliphatic heterocycles. The molecular formula is C12H7Br2NO4. The fourth-order valence-electron chi connectivity index (χ4n) is 1.44. The quantitative estimate of drug-likeness (QED) is 0.838. The molecular weight excluding hydrogens is 382 g/mol. The van der Waals surface area contributed by atoms with Gasteiger partial charge in [0.15, 0.2) is 4.67 Å². The molecule has 0 spiro atoms. The topological polar surface area (TPSA) is 79.5 Å². The molecule has 1 aromatic carbocycles. The number of halogens is 2. The summed E-state index contributed by atoms with van der Waals surface area (Å²) in [6.45, 7) is 0. The van der Waals surface area contributed by atoms with Gasteiger partial charge >= 0.3 is 5.97 Å². The third-order valence-electron chi connectivity index (χ3n) is 2.27. The molecule has 1 heterocycles. The van der Waals surface area contributed by atoms with Crippen LogP contribution in [-0.2, 0) is 0 Å². The number of furan rings is 1. The average Bonchev–Trinajstić information content (AvgIpc) is 2.74. The number of hydrogen-bond acceptors (Lipinski definition) is 3. The van der Waals surface area contributed by atoms with Gasteiger partial charge in [0.25, 0.3) is 5.91 Å². The summed E-state index contributed by atoms with van der Waals surface area (Å²) in [5, 5.41) is 11.5.